The molecule has 9 heteroatoms. The van der Waals surface area contributed by atoms with E-state index >= 15 is 0 Å². The van der Waals surface area contributed by atoms with Gasteiger partial charge in [-0.05, 0) is 20.8 Å². The van der Waals surface area contributed by atoms with Crippen molar-refractivity contribution in [1.82, 2.24) is 20.2 Å². The first-order valence-corrected chi connectivity index (χ1v) is 7.95. The summed E-state index contributed by atoms with van der Waals surface area (Å²) in [4.78, 5) is 45.7. The van der Waals surface area contributed by atoms with Crippen LogP contribution in [-0.4, -0.2) is 44.4 Å². The van der Waals surface area contributed by atoms with E-state index in [9.17, 15) is 14.4 Å². The molecule has 3 N–H and O–H groups in total. The molecule has 2 atom stereocenters. The van der Waals surface area contributed by atoms with Crippen molar-refractivity contribution in [1.29, 1.82) is 0 Å². The second kappa shape index (κ2) is 7.39. The highest BCUT2D eigenvalue weighted by atomic mass is 16.6. The molecule has 2 rings (SSSR count). The SMILES string of the molecule is C#CC(CC(N)=O)NC(=O)C1c2cncnc2CN1C(=O)OC(C)(C)C. The van der Waals surface area contributed by atoms with Crippen LogP contribution >= 0.6 is 0 Å². The molecule has 0 aromatic carbocycles. The molecule has 0 saturated carbocycles. The van der Waals surface area contributed by atoms with Gasteiger partial charge in [0.2, 0.25) is 11.8 Å². The molecule has 2 unspecified atom stereocenters. The maximum atomic E-state index is 12.8. The van der Waals surface area contributed by atoms with Gasteiger partial charge in [0.25, 0.3) is 0 Å². The summed E-state index contributed by atoms with van der Waals surface area (Å²) in [5.74, 6) is 1.09. The van der Waals surface area contributed by atoms with Gasteiger partial charge in [0.15, 0.2) is 0 Å². The summed E-state index contributed by atoms with van der Waals surface area (Å²) in [5, 5.41) is 2.55. The van der Waals surface area contributed by atoms with E-state index in [0.717, 1.165) is 0 Å². The fraction of sp³-hybridized carbons (Fsp3) is 0.471. The van der Waals surface area contributed by atoms with Crippen LogP contribution in [0.1, 0.15) is 44.5 Å². The standard InChI is InChI=1S/C17H21N5O4/c1-5-10(6-13(18)23)21-15(24)14-11-7-19-9-20-12(11)8-22(14)16(25)26-17(2,3)4/h1,7,9-10,14H,6,8H2,2-4H3,(H2,18,23)(H,21,24). The zero-order valence-electron chi connectivity index (χ0n) is 14.9. The monoisotopic (exact) mass is 359 g/mol. The van der Waals surface area contributed by atoms with E-state index in [2.05, 4.69) is 21.2 Å². The summed E-state index contributed by atoms with van der Waals surface area (Å²) in [6, 6.07) is -1.89. The zero-order valence-corrected chi connectivity index (χ0v) is 14.9. The van der Waals surface area contributed by atoms with Gasteiger partial charge < -0.3 is 15.8 Å². The molecule has 3 amide bonds. The Morgan fingerprint density at radius 3 is 2.77 bits per heavy atom. The third-order valence-electron chi connectivity index (χ3n) is 3.55. The minimum atomic E-state index is -1.01. The number of primary amides is 1. The Morgan fingerprint density at radius 1 is 1.50 bits per heavy atom. The van der Waals surface area contributed by atoms with Gasteiger partial charge in [-0.25, -0.2) is 14.8 Å². The van der Waals surface area contributed by atoms with Gasteiger partial charge in [-0.2, -0.15) is 0 Å². The highest BCUT2D eigenvalue weighted by Crippen LogP contribution is 2.33. The van der Waals surface area contributed by atoms with Gasteiger partial charge in [0, 0.05) is 11.8 Å². The first-order chi connectivity index (χ1) is 12.1. The minimum Gasteiger partial charge on any atom is -0.444 e. The topological polar surface area (TPSA) is 128 Å². The molecule has 0 bridgehead atoms. The number of nitrogens with two attached hydrogens (primary N) is 1. The molecule has 26 heavy (non-hydrogen) atoms. The Morgan fingerprint density at radius 2 is 2.19 bits per heavy atom. The van der Waals surface area contributed by atoms with Crippen LogP contribution < -0.4 is 11.1 Å². The van der Waals surface area contributed by atoms with E-state index in [1.54, 1.807) is 20.8 Å². The Balaban J connectivity index is 2.27. The maximum absolute atomic E-state index is 12.8. The van der Waals surface area contributed by atoms with Crippen molar-refractivity contribution in [2.45, 2.75) is 51.4 Å². The first-order valence-electron chi connectivity index (χ1n) is 7.95. The third kappa shape index (κ3) is 4.47. The van der Waals surface area contributed by atoms with E-state index in [1.807, 2.05) is 0 Å². The number of nitrogens with zero attached hydrogens (tertiary/aromatic N) is 3. The predicted octanol–water partition coefficient (Wildman–Crippen LogP) is 0.262. The van der Waals surface area contributed by atoms with Crippen LogP contribution in [0.5, 0.6) is 0 Å². The summed E-state index contributed by atoms with van der Waals surface area (Å²) in [6.45, 7) is 5.28. The van der Waals surface area contributed by atoms with Gasteiger partial charge >= 0.3 is 6.09 Å². The summed E-state index contributed by atoms with van der Waals surface area (Å²) in [7, 11) is 0. The molecule has 1 aliphatic heterocycles. The summed E-state index contributed by atoms with van der Waals surface area (Å²) >= 11 is 0. The lowest BCUT2D eigenvalue weighted by Gasteiger charge is -2.28. The smallest absolute Gasteiger partial charge is 0.411 e. The van der Waals surface area contributed by atoms with E-state index in [1.165, 1.54) is 17.4 Å². The lowest BCUT2D eigenvalue weighted by molar-refractivity contribution is -0.127. The van der Waals surface area contributed by atoms with Crippen molar-refractivity contribution in [3.63, 3.8) is 0 Å². The zero-order chi connectivity index (χ0) is 19.5. The molecule has 0 spiro atoms. The number of nitrogens with one attached hydrogen (secondary N) is 1. The molecule has 0 aliphatic carbocycles. The van der Waals surface area contributed by atoms with Gasteiger partial charge in [0.1, 0.15) is 18.0 Å². The predicted molar refractivity (Wildman–Crippen MR) is 91.1 cm³/mol. The molecule has 9 nitrogen and oxygen atoms in total. The molecule has 138 valence electrons. The van der Waals surface area contributed by atoms with Crippen molar-refractivity contribution in [3.8, 4) is 12.3 Å². The number of hydrogen-bond acceptors (Lipinski definition) is 6. The third-order valence-corrected chi connectivity index (χ3v) is 3.55. The van der Waals surface area contributed by atoms with Gasteiger partial charge in [-0.15, -0.1) is 6.42 Å². The van der Waals surface area contributed by atoms with Crippen LogP contribution in [0.25, 0.3) is 0 Å². The number of carbonyl (C=O) groups excluding carboxylic acids is 3. The van der Waals surface area contributed by atoms with Crippen LogP contribution in [0.3, 0.4) is 0 Å². The van der Waals surface area contributed by atoms with Crippen molar-refractivity contribution < 1.29 is 19.1 Å². The van der Waals surface area contributed by atoms with Crippen LogP contribution in [-0.2, 0) is 20.9 Å². The largest absolute Gasteiger partial charge is 0.444 e. The Labute approximate surface area is 151 Å². The van der Waals surface area contributed by atoms with Crippen molar-refractivity contribution in [2.75, 3.05) is 0 Å². The van der Waals surface area contributed by atoms with Crippen LogP contribution in [0.4, 0.5) is 4.79 Å². The van der Waals surface area contributed by atoms with Crippen LogP contribution in [0.15, 0.2) is 12.5 Å². The fourth-order valence-corrected chi connectivity index (χ4v) is 2.52. The molecule has 2 heterocycles. The molecular weight excluding hydrogens is 338 g/mol. The number of rotatable bonds is 4. The number of hydrogen-bond donors (Lipinski definition) is 2. The highest BCUT2D eigenvalue weighted by Gasteiger charge is 2.42. The van der Waals surface area contributed by atoms with Crippen molar-refractivity contribution in [2.24, 2.45) is 5.73 Å². The van der Waals surface area contributed by atoms with Crippen molar-refractivity contribution >= 4 is 17.9 Å². The molecule has 0 radical (unpaired) electrons. The molecule has 1 aromatic heterocycles. The summed E-state index contributed by atoms with van der Waals surface area (Å²) in [6.07, 6.45) is 7.27. The van der Waals surface area contributed by atoms with Gasteiger partial charge in [-0.1, -0.05) is 5.92 Å². The van der Waals surface area contributed by atoms with E-state index in [0.29, 0.717) is 11.3 Å². The first kappa shape index (κ1) is 19.2. The normalized spacial score (nSPS) is 17.0. The lowest BCUT2D eigenvalue weighted by atomic mass is 10.1. The van der Waals surface area contributed by atoms with Crippen LogP contribution in [0, 0.1) is 12.3 Å². The van der Waals surface area contributed by atoms with Gasteiger partial charge in [-0.3, -0.25) is 14.5 Å². The van der Waals surface area contributed by atoms with Crippen molar-refractivity contribution in [3.05, 3.63) is 23.8 Å². The molecule has 1 aromatic rings. The molecule has 0 fully saturated rings. The second-order valence-electron chi connectivity index (χ2n) is 6.83. The maximum Gasteiger partial charge on any atom is 0.411 e. The number of fused-ring (bicyclic) bond motifs is 1. The number of aromatic nitrogens is 2. The quantitative estimate of drug-likeness (QED) is 0.742. The average molecular weight is 359 g/mol. The average Bonchev–Trinajstić information content (AvgIpc) is 2.91. The fourth-order valence-electron chi connectivity index (χ4n) is 2.52. The number of carbonyl (C=O) groups is 3. The number of amides is 3. The molecular formula is C17H21N5O4. The Hall–Kier alpha value is -3.15. The number of terminal acetylenes is 1. The van der Waals surface area contributed by atoms with Gasteiger partial charge in [0.05, 0.1) is 24.7 Å². The molecule has 1 aliphatic rings. The summed E-state index contributed by atoms with van der Waals surface area (Å²) < 4.78 is 5.37. The number of ether oxygens (including phenoxy) is 1. The van der Waals surface area contributed by atoms with E-state index in [-0.39, 0.29) is 13.0 Å². The molecule has 0 saturated heterocycles. The Kier molecular flexibility index (Phi) is 5.45. The van der Waals surface area contributed by atoms with Crippen LogP contribution in [0.2, 0.25) is 0 Å². The van der Waals surface area contributed by atoms with E-state index < -0.39 is 35.6 Å². The minimum absolute atomic E-state index is 0.0986. The highest BCUT2D eigenvalue weighted by molar-refractivity contribution is 5.89. The summed E-state index contributed by atoms with van der Waals surface area (Å²) in [5.41, 5.74) is 5.42. The second-order valence-corrected chi connectivity index (χ2v) is 6.83. The van der Waals surface area contributed by atoms with E-state index in [4.69, 9.17) is 16.9 Å². The Bertz CT molecular complexity index is 765. The lowest BCUT2D eigenvalue weighted by Crippen LogP contribution is -2.45.